The van der Waals surface area contributed by atoms with Gasteiger partial charge in [0.1, 0.15) is 12.2 Å². The maximum atomic E-state index is 12.6. The molecule has 0 aliphatic carbocycles. The summed E-state index contributed by atoms with van der Waals surface area (Å²) in [5.74, 6) is -1.05. The second-order valence-corrected chi connectivity index (χ2v) is 10.2. The minimum Gasteiger partial charge on any atom is -0.480 e. The molecule has 8 nitrogen and oxygen atoms in total. The second-order valence-electron chi connectivity index (χ2n) is 8.75. The van der Waals surface area contributed by atoms with E-state index < -0.39 is 5.97 Å². The van der Waals surface area contributed by atoms with E-state index in [1.165, 1.54) is 23.4 Å². The molecule has 3 aromatic rings. The van der Waals surface area contributed by atoms with Crippen molar-refractivity contribution in [2.75, 3.05) is 37.6 Å². The van der Waals surface area contributed by atoms with Crippen LogP contribution < -0.4 is 14.9 Å². The van der Waals surface area contributed by atoms with E-state index in [4.69, 9.17) is 16.7 Å². The van der Waals surface area contributed by atoms with Gasteiger partial charge in [-0.05, 0) is 65.9 Å². The Morgan fingerprint density at radius 1 is 0.919 bits per heavy atom. The minimum atomic E-state index is -0.855. The number of nitrogens with zero attached hydrogens (tertiary/aromatic N) is 3. The smallest absolute Gasteiger partial charge is 0.318 e. The maximum absolute atomic E-state index is 12.6. The van der Waals surface area contributed by atoms with Crippen LogP contribution in [0.25, 0.3) is 0 Å². The van der Waals surface area contributed by atoms with Gasteiger partial charge in [0.05, 0.1) is 0 Å². The summed E-state index contributed by atoms with van der Waals surface area (Å²) < 4.78 is 5.01. The van der Waals surface area contributed by atoms with Crippen LogP contribution in [0.1, 0.15) is 27.2 Å². The number of carbonyl (C=O) groups is 2. The van der Waals surface area contributed by atoms with Gasteiger partial charge in [-0.3, -0.25) is 14.6 Å². The number of aryl methyl sites for hydroxylation is 2. The highest BCUT2D eigenvalue weighted by Crippen LogP contribution is 2.20. The fourth-order valence-corrected chi connectivity index (χ4v) is 4.86. The zero-order valence-electron chi connectivity index (χ0n) is 20.4. The van der Waals surface area contributed by atoms with Gasteiger partial charge in [0, 0.05) is 61.8 Å². The molecule has 0 bridgehead atoms. The SMILES string of the molecule is O=C(O)CNSN1CCN(c2ccc(CCc3ccnc(C(=O)NCc4ccc(Cl)cc4)c3)cc2)CC1. The normalized spacial score (nSPS) is 13.9. The molecular formula is C27H30ClN5O3S. The van der Waals surface area contributed by atoms with Crippen LogP contribution in [0.15, 0.2) is 66.9 Å². The summed E-state index contributed by atoms with van der Waals surface area (Å²) in [5, 5.41) is 12.3. The van der Waals surface area contributed by atoms with Gasteiger partial charge in [0.15, 0.2) is 0 Å². The number of halogens is 1. The summed E-state index contributed by atoms with van der Waals surface area (Å²) in [4.78, 5) is 29.8. The zero-order chi connectivity index (χ0) is 26.0. The number of aliphatic carboxylic acids is 1. The quantitative estimate of drug-likeness (QED) is 0.316. The Bertz CT molecular complexity index is 1190. The van der Waals surface area contributed by atoms with E-state index in [1.807, 2.05) is 24.3 Å². The van der Waals surface area contributed by atoms with Crippen molar-refractivity contribution >= 4 is 41.3 Å². The number of hydrogen-bond donors (Lipinski definition) is 3. The first kappa shape index (κ1) is 26.9. The molecule has 2 heterocycles. The number of carboxylic acids is 1. The van der Waals surface area contributed by atoms with Crippen LogP contribution in [-0.2, 0) is 24.2 Å². The average molecular weight is 540 g/mol. The largest absolute Gasteiger partial charge is 0.480 e. The Kier molecular flexibility index (Phi) is 9.78. The fraction of sp³-hybridized carbons (Fsp3) is 0.296. The molecule has 0 unspecified atom stereocenters. The third-order valence-corrected chi connectivity index (χ3v) is 7.23. The molecule has 194 valence electrons. The molecule has 1 amide bonds. The Labute approximate surface area is 226 Å². The molecule has 0 atom stereocenters. The standard InChI is InChI=1S/C27H30ClN5O3S/c28-23-7-3-22(4-8-23)18-30-27(36)25-17-21(11-12-29-25)2-1-20-5-9-24(10-6-20)32-13-15-33(16-14-32)37-31-19-26(34)35/h3-12,17,31H,1-2,13-16,18-19H2,(H,30,36)(H,34,35). The van der Waals surface area contributed by atoms with Crippen molar-refractivity contribution in [3.8, 4) is 0 Å². The number of benzene rings is 2. The summed E-state index contributed by atoms with van der Waals surface area (Å²) in [6.45, 7) is 3.86. The molecule has 1 saturated heterocycles. The van der Waals surface area contributed by atoms with E-state index in [2.05, 4.69) is 48.5 Å². The summed E-state index contributed by atoms with van der Waals surface area (Å²) in [6, 6.07) is 19.8. The molecule has 0 saturated carbocycles. The number of aromatic nitrogens is 1. The molecule has 0 spiro atoms. The molecule has 1 aromatic heterocycles. The number of amides is 1. The molecule has 2 aromatic carbocycles. The molecular weight excluding hydrogens is 510 g/mol. The number of piperazine rings is 1. The summed E-state index contributed by atoms with van der Waals surface area (Å²) in [5.41, 5.74) is 4.89. The van der Waals surface area contributed by atoms with Crippen molar-refractivity contribution in [3.05, 3.63) is 94.3 Å². The lowest BCUT2D eigenvalue weighted by atomic mass is 10.0. The lowest BCUT2D eigenvalue weighted by molar-refractivity contribution is -0.135. The number of carbonyl (C=O) groups excluding carboxylic acids is 1. The molecule has 0 radical (unpaired) electrons. The van der Waals surface area contributed by atoms with Crippen molar-refractivity contribution in [1.82, 2.24) is 19.3 Å². The van der Waals surface area contributed by atoms with E-state index in [0.29, 0.717) is 17.3 Å². The Morgan fingerprint density at radius 2 is 1.59 bits per heavy atom. The highest BCUT2D eigenvalue weighted by Gasteiger charge is 2.18. The zero-order valence-corrected chi connectivity index (χ0v) is 22.0. The van der Waals surface area contributed by atoms with Crippen molar-refractivity contribution in [2.24, 2.45) is 0 Å². The second kappa shape index (κ2) is 13.4. The summed E-state index contributed by atoms with van der Waals surface area (Å²) in [6.07, 6.45) is 3.37. The van der Waals surface area contributed by atoms with E-state index in [0.717, 1.165) is 50.1 Å². The number of pyridine rings is 1. The topological polar surface area (TPSA) is 97.8 Å². The van der Waals surface area contributed by atoms with Crippen LogP contribution in [0.2, 0.25) is 5.02 Å². The van der Waals surface area contributed by atoms with Crippen LogP contribution in [0.5, 0.6) is 0 Å². The van der Waals surface area contributed by atoms with E-state index >= 15 is 0 Å². The van der Waals surface area contributed by atoms with E-state index in [1.54, 1.807) is 18.3 Å². The van der Waals surface area contributed by atoms with Gasteiger partial charge in [0.2, 0.25) is 0 Å². The van der Waals surface area contributed by atoms with Crippen LogP contribution in [-0.4, -0.2) is 59.0 Å². The van der Waals surface area contributed by atoms with Crippen molar-refractivity contribution < 1.29 is 14.7 Å². The highest BCUT2D eigenvalue weighted by molar-refractivity contribution is 7.95. The minimum absolute atomic E-state index is 0.0509. The first-order valence-electron chi connectivity index (χ1n) is 12.1. The first-order chi connectivity index (χ1) is 18.0. The molecule has 10 heteroatoms. The summed E-state index contributed by atoms with van der Waals surface area (Å²) in [7, 11) is 0. The van der Waals surface area contributed by atoms with Crippen LogP contribution in [0.3, 0.4) is 0 Å². The molecule has 3 N–H and O–H groups in total. The van der Waals surface area contributed by atoms with Gasteiger partial charge in [-0.15, -0.1) is 0 Å². The van der Waals surface area contributed by atoms with Gasteiger partial charge in [-0.25, -0.2) is 9.03 Å². The number of hydrogen-bond acceptors (Lipinski definition) is 7. The van der Waals surface area contributed by atoms with Crippen LogP contribution in [0.4, 0.5) is 5.69 Å². The highest BCUT2D eigenvalue weighted by atomic mass is 35.5. The predicted octanol–water partition coefficient (Wildman–Crippen LogP) is 3.81. The number of anilines is 1. The van der Waals surface area contributed by atoms with Crippen molar-refractivity contribution in [1.29, 1.82) is 0 Å². The molecule has 37 heavy (non-hydrogen) atoms. The number of carboxylic acid groups (broad SMARTS) is 1. The maximum Gasteiger partial charge on any atom is 0.318 e. The van der Waals surface area contributed by atoms with Gasteiger partial charge >= 0.3 is 5.97 Å². The van der Waals surface area contributed by atoms with E-state index in [-0.39, 0.29) is 12.5 Å². The first-order valence-corrected chi connectivity index (χ1v) is 13.3. The molecule has 1 aliphatic heterocycles. The Morgan fingerprint density at radius 3 is 2.30 bits per heavy atom. The van der Waals surface area contributed by atoms with Crippen molar-refractivity contribution in [2.45, 2.75) is 19.4 Å². The average Bonchev–Trinajstić information content (AvgIpc) is 2.92. The monoisotopic (exact) mass is 539 g/mol. The van der Waals surface area contributed by atoms with Crippen LogP contribution >= 0.6 is 23.7 Å². The van der Waals surface area contributed by atoms with Gasteiger partial charge in [-0.1, -0.05) is 35.9 Å². The lowest BCUT2D eigenvalue weighted by Crippen LogP contribution is -2.44. The summed E-state index contributed by atoms with van der Waals surface area (Å²) >= 11 is 7.29. The molecule has 1 aliphatic rings. The van der Waals surface area contributed by atoms with Gasteiger partial charge in [-0.2, -0.15) is 0 Å². The molecule has 1 fully saturated rings. The number of rotatable bonds is 11. The lowest BCUT2D eigenvalue weighted by Gasteiger charge is -2.35. The van der Waals surface area contributed by atoms with Gasteiger partial charge < -0.3 is 15.3 Å². The van der Waals surface area contributed by atoms with Crippen molar-refractivity contribution in [3.63, 3.8) is 0 Å². The number of nitrogens with one attached hydrogen (secondary N) is 2. The van der Waals surface area contributed by atoms with Crippen LogP contribution in [0, 0.1) is 0 Å². The predicted molar refractivity (Wildman–Crippen MR) is 148 cm³/mol. The Hall–Kier alpha value is -3.11. The fourth-order valence-electron chi connectivity index (χ4n) is 4.01. The third kappa shape index (κ3) is 8.46. The third-order valence-electron chi connectivity index (χ3n) is 6.08. The van der Waals surface area contributed by atoms with E-state index in [9.17, 15) is 9.59 Å². The Balaban J connectivity index is 1.23. The molecule has 4 rings (SSSR count). The van der Waals surface area contributed by atoms with Gasteiger partial charge in [0.25, 0.3) is 5.91 Å².